The largest absolute Gasteiger partial charge is 0.478 e. The molecule has 13 heteroatoms. The molecular weight excluding hydrogens is 739 g/mol. The van der Waals surface area contributed by atoms with Gasteiger partial charge in [0.15, 0.2) is 25.3 Å². The second kappa shape index (κ2) is 16.0. The van der Waals surface area contributed by atoms with E-state index in [4.69, 9.17) is 18.7 Å². The van der Waals surface area contributed by atoms with Gasteiger partial charge in [-0.1, -0.05) is 124 Å². The average molecular weight is 786 g/mol. The van der Waals surface area contributed by atoms with Crippen molar-refractivity contribution >= 4 is 37.2 Å². The highest BCUT2D eigenvalue weighted by atomic mass is 28.4. The molecule has 4 atom stereocenters. The van der Waals surface area contributed by atoms with Crippen LogP contribution in [0.25, 0.3) is 11.2 Å². The van der Waals surface area contributed by atoms with Gasteiger partial charge >= 0.3 is 11.9 Å². The van der Waals surface area contributed by atoms with Crippen LogP contribution in [0.2, 0.25) is 18.1 Å². The van der Waals surface area contributed by atoms with E-state index in [1.54, 1.807) is 18.5 Å². The Bertz CT molecular complexity index is 2240. The van der Waals surface area contributed by atoms with Gasteiger partial charge in [-0.25, -0.2) is 30.0 Å². The van der Waals surface area contributed by atoms with Gasteiger partial charge in [0, 0.05) is 6.42 Å². The highest BCUT2D eigenvalue weighted by Gasteiger charge is 2.57. The number of aromatic nitrogens is 4. The first-order valence-electron chi connectivity index (χ1n) is 18.9. The summed E-state index contributed by atoms with van der Waals surface area (Å²) in [6.07, 6.45) is 0.0963. The molecule has 3 heterocycles. The van der Waals surface area contributed by atoms with E-state index < -0.39 is 50.2 Å². The van der Waals surface area contributed by atoms with Crippen LogP contribution in [0.4, 0.5) is 5.82 Å². The van der Waals surface area contributed by atoms with Gasteiger partial charge in [0.25, 0.3) is 0 Å². The number of carbonyl (C=O) groups excluding carboxylic acids is 1. The second-order valence-electron chi connectivity index (χ2n) is 15.6. The van der Waals surface area contributed by atoms with Gasteiger partial charge in [0.05, 0.1) is 36.1 Å². The third-order valence-corrected chi connectivity index (χ3v) is 15.8. The summed E-state index contributed by atoms with van der Waals surface area (Å²) in [5.74, 6) is -1.66. The number of hydrogen-bond acceptors (Lipinski definition) is 10. The fourth-order valence-electron chi connectivity index (χ4n) is 7.53. The van der Waals surface area contributed by atoms with Crippen molar-refractivity contribution in [3.05, 3.63) is 156 Å². The third-order valence-electron chi connectivity index (χ3n) is 11.3. The Morgan fingerprint density at radius 3 is 1.89 bits per heavy atom. The van der Waals surface area contributed by atoms with Gasteiger partial charge in [-0.2, -0.15) is 0 Å². The van der Waals surface area contributed by atoms with Crippen molar-refractivity contribution in [1.82, 2.24) is 19.5 Å². The zero-order chi connectivity index (χ0) is 40.4. The predicted molar refractivity (Wildman–Crippen MR) is 218 cm³/mol. The number of rotatable bonds is 13. The molecule has 1 unspecified atom stereocenters. The molecule has 6 aromatic rings. The summed E-state index contributed by atoms with van der Waals surface area (Å²) in [6.45, 7) is 10.9. The Hall–Kier alpha value is -5.73. The first-order chi connectivity index (χ1) is 27.4. The Kier molecular flexibility index (Phi) is 11.1. The lowest BCUT2D eigenvalue weighted by atomic mass is 9.64. The van der Waals surface area contributed by atoms with Crippen molar-refractivity contribution in [3.63, 3.8) is 0 Å². The zero-order valence-electron chi connectivity index (χ0n) is 32.8. The maximum absolute atomic E-state index is 14.8. The molecule has 0 radical (unpaired) electrons. The van der Waals surface area contributed by atoms with Crippen molar-refractivity contribution in [1.29, 1.82) is 0 Å². The van der Waals surface area contributed by atoms with Crippen LogP contribution in [-0.2, 0) is 24.2 Å². The number of anilines is 1. The summed E-state index contributed by atoms with van der Waals surface area (Å²) in [5.41, 5.74) is 4.81. The number of nitrogens with zero attached hydrogens (tertiary/aromatic N) is 4. The molecule has 294 valence electrons. The van der Waals surface area contributed by atoms with E-state index in [1.165, 1.54) is 25.6 Å². The second-order valence-corrected chi connectivity index (χ2v) is 20.4. The molecule has 12 nitrogen and oxygen atoms in total. The first kappa shape index (κ1) is 39.5. The van der Waals surface area contributed by atoms with Crippen LogP contribution in [0.5, 0.6) is 0 Å². The Morgan fingerprint density at radius 2 is 1.37 bits per heavy atom. The van der Waals surface area contributed by atoms with Crippen molar-refractivity contribution < 1.29 is 33.4 Å². The van der Waals surface area contributed by atoms with Gasteiger partial charge in [-0.3, -0.25) is 9.40 Å². The Labute approximate surface area is 332 Å². The molecule has 0 amide bonds. The van der Waals surface area contributed by atoms with E-state index in [0.29, 0.717) is 23.4 Å². The van der Waals surface area contributed by atoms with Crippen LogP contribution in [-0.4, -0.2) is 70.3 Å². The zero-order valence-corrected chi connectivity index (χ0v) is 33.8. The van der Waals surface area contributed by atoms with Gasteiger partial charge in [0.2, 0.25) is 0 Å². The van der Waals surface area contributed by atoms with Crippen LogP contribution in [0.1, 0.15) is 70.8 Å². The lowest BCUT2D eigenvalue weighted by molar-refractivity contribution is -0.101. The fraction of sp³-hybridized carbons (Fsp3) is 0.295. The molecule has 0 aliphatic carbocycles. The molecule has 1 saturated heterocycles. The summed E-state index contributed by atoms with van der Waals surface area (Å²) >= 11 is 0. The van der Waals surface area contributed by atoms with Crippen LogP contribution < -0.4 is 5.48 Å². The summed E-state index contributed by atoms with van der Waals surface area (Å²) in [4.78, 5) is 46.0. The molecule has 1 aliphatic heterocycles. The molecule has 2 aromatic heterocycles. The van der Waals surface area contributed by atoms with Gasteiger partial charge in [0.1, 0.15) is 24.8 Å². The average Bonchev–Trinajstić information content (AvgIpc) is 3.83. The number of ether oxygens (including phenoxy) is 2. The standard InChI is InChI=1S/C44H47N5O7Si/c1-43(2,3)57(5,6)56-34-26-35(49-28-47-36-39(48-53-4)45-27-46-40(36)49)54-37(34)38(55-42(52)33-25-17-16-24-32(33)41(50)51)44(29-18-10-7-11-19-29,30-20-12-8-13-21-30)31-22-14-9-15-23-31/h7-25,27-28,34-35,37-38H,26H2,1-6H3,(H,50,51)(H,45,46,48)/t34-,35+,37-,38?/m0/s1. The number of nitrogens with one attached hydrogen (secondary N) is 1. The normalized spacial score (nSPS) is 18.0. The number of carbonyl (C=O) groups is 2. The molecule has 1 aliphatic rings. The molecular formula is C44H47N5O7Si. The molecule has 1 fully saturated rings. The molecule has 4 aromatic carbocycles. The molecule has 2 N–H and O–H groups in total. The van der Waals surface area contributed by atoms with E-state index in [0.717, 1.165) is 16.7 Å². The maximum Gasteiger partial charge on any atom is 0.339 e. The fourth-order valence-corrected chi connectivity index (χ4v) is 8.87. The third kappa shape index (κ3) is 7.46. The van der Waals surface area contributed by atoms with E-state index in [9.17, 15) is 14.7 Å². The van der Waals surface area contributed by atoms with E-state index in [2.05, 4.69) is 54.3 Å². The molecule has 57 heavy (non-hydrogen) atoms. The SMILES string of the molecule is CONc1ncnc2c1ncn2[C@H]1C[C@H](O[Si](C)(C)C(C)(C)C)[C@@H](C(OC(=O)c2ccccc2C(=O)O)C(c2ccccc2)(c2ccccc2)c2ccccc2)O1. The summed E-state index contributed by atoms with van der Waals surface area (Å²) < 4.78 is 23.3. The van der Waals surface area contributed by atoms with Crippen molar-refractivity contribution in [2.45, 2.75) is 75.3 Å². The quantitative estimate of drug-likeness (QED) is 0.0503. The number of aromatic carboxylic acids is 1. The van der Waals surface area contributed by atoms with Gasteiger partial charge in [-0.05, 0) is 47.0 Å². The number of hydrogen-bond donors (Lipinski definition) is 2. The lowest BCUT2D eigenvalue weighted by Gasteiger charge is -2.46. The van der Waals surface area contributed by atoms with Crippen molar-refractivity contribution in [3.8, 4) is 0 Å². The number of fused-ring (bicyclic) bond motifs is 1. The van der Waals surface area contributed by atoms with Crippen LogP contribution in [0.15, 0.2) is 128 Å². The highest BCUT2D eigenvalue weighted by Crippen LogP contribution is 2.50. The number of imidazole rings is 1. The summed E-state index contributed by atoms with van der Waals surface area (Å²) in [6, 6.07) is 35.8. The minimum atomic E-state index is -2.55. The monoisotopic (exact) mass is 785 g/mol. The van der Waals surface area contributed by atoms with E-state index in [-0.39, 0.29) is 16.2 Å². The molecule has 0 bridgehead atoms. The minimum Gasteiger partial charge on any atom is -0.478 e. The van der Waals surface area contributed by atoms with Crippen LogP contribution in [0, 0.1) is 0 Å². The van der Waals surface area contributed by atoms with Crippen LogP contribution >= 0.6 is 0 Å². The Balaban J connectivity index is 1.50. The van der Waals surface area contributed by atoms with E-state index in [1.807, 2.05) is 95.6 Å². The number of benzene rings is 4. The Morgan fingerprint density at radius 1 is 0.825 bits per heavy atom. The number of carboxylic acid groups (broad SMARTS) is 1. The highest BCUT2D eigenvalue weighted by molar-refractivity contribution is 6.74. The molecule has 0 saturated carbocycles. The topological polar surface area (TPSA) is 147 Å². The molecule has 7 rings (SSSR count). The number of esters is 1. The minimum absolute atomic E-state index is 0.0787. The first-order valence-corrected chi connectivity index (χ1v) is 21.8. The van der Waals surface area contributed by atoms with Gasteiger partial charge in [-0.15, -0.1) is 0 Å². The molecule has 0 spiro atoms. The summed E-state index contributed by atoms with van der Waals surface area (Å²) in [5, 5.41) is 10.0. The smallest absolute Gasteiger partial charge is 0.339 e. The number of carboxylic acids is 1. The lowest BCUT2D eigenvalue weighted by Crippen LogP contribution is -2.56. The maximum atomic E-state index is 14.8. The van der Waals surface area contributed by atoms with Crippen molar-refractivity contribution in [2.75, 3.05) is 12.6 Å². The van der Waals surface area contributed by atoms with E-state index >= 15 is 0 Å². The van der Waals surface area contributed by atoms with Crippen molar-refractivity contribution in [2.24, 2.45) is 0 Å². The van der Waals surface area contributed by atoms with Crippen LogP contribution in [0.3, 0.4) is 0 Å². The summed E-state index contributed by atoms with van der Waals surface area (Å²) in [7, 11) is -1.05. The predicted octanol–water partition coefficient (Wildman–Crippen LogP) is 8.44. The van der Waals surface area contributed by atoms with Gasteiger partial charge < -0.3 is 19.0 Å².